The second-order valence-electron chi connectivity index (χ2n) is 10.7. The topological polar surface area (TPSA) is 57.4 Å². The minimum Gasteiger partial charge on any atom is -0.494 e. The van der Waals surface area contributed by atoms with E-state index in [0.717, 1.165) is 12.3 Å². The molecule has 4 heteroatoms. The maximum atomic E-state index is 9.61. The molecule has 2 rings (SSSR count). The Bertz CT molecular complexity index is 556. The van der Waals surface area contributed by atoms with E-state index in [0.29, 0.717) is 6.54 Å². The first-order valence-electron chi connectivity index (χ1n) is 12.1. The Morgan fingerprint density at radius 2 is 1.17 bits per heavy atom. The fraction of sp³-hybridized carbons (Fsp3) is 0.840. The van der Waals surface area contributed by atoms with Crippen molar-refractivity contribution < 1.29 is 10.2 Å². The van der Waals surface area contributed by atoms with Crippen LogP contribution in [-0.4, -0.2) is 25.9 Å². The molecule has 0 spiro atoms. The largest absolute Gasteiger partial charge is 0.494 e. The third-order valence-electron chi connectivity index (χ3n) is 6.45. The Kier molecular flexibility index (Phi) is 9.39. The van der Waals surface area contributed by atoms with Gasteiger partial charge in [-0.2, -0.15) is 0 Å². The first kappa shape index (κ1) is 24.1. The van der Waals surface area contributed by atoms with Crippen LogP contribution in [0.4, 0.5) is 0 Å². The summed E-state index contributed by atoms with van der Waals surface area (Å²) in [6.07, 6.45) is 17.1. The average molecular weight is 407 g/mol. The summed E-state index contributed by atoms with van der Waals surface area (Å²) in [4.78, 5) is 0. The zero-order valence-corrected chi connectivity index (χ0v) is 19.5. The molecule has 0 saturated carbocycles. The van der Waals surface area contributed by atoms with Crippen molar-refractivity contribution >= 4 is 0 Å². The van der Waals surface area contributed by atoms with Gasteiger partial charge in [-0.25, -0.2) is 0 Å². The Morgan fingerprint density at radius 3 is 1.66 bits per heavy atom. The summed E-state index contributed by atoms with van der Waals surface area (Å²) in [7, 11) is 0. The minimum absolute atomic E-state index is 0.162. The molecule has 0 amide bonds. The van der Waals surface area contributed by atoms with E-state index in [1.807, 2.05) is 0 Å². The molecule has 2 heterocycles. The smallest absolute Gasteiger partial charge is 0.193 e. The van der Waals surface area contributed by atoms with Gasteiger partial charge in [0, 0.05) is 29.8 Å². The van der Waals surface area contributed by atoms with Gasteiger partial charge in [0.2, 0.25) is 0 Å². The lowest BCUT2D eigenvalue weighted by Gasteiger charge is -2.46. The highest BCUT2D eigenvalue weighted by atomic mass is 16.3. The Balaban J connectivity index is 1.40. The predicted molar refractivity (Wildman–Crippen MR) is 123 cm³/mol. The van der Waals surface area contributed by atoms with Crippen LogP contribution >= 0.6 is 0 Å². The van der Waals surface area contributed by atoms with Crippen LogP contribution in [0.1, 0.15) is 111 Å². The van der Waals surface area contributed by atoms with Crippen LogP contribution in [0, 0.1) is 5.92 Å². The van der Waals surface area contributed by atoms with Crippen LogP contribution < -0.4 is 5.32 Å². The van der Waals surface area contributed by atoms with Crippen molar-refractivity contribution in [3.8, 4) is 11.8 Å². The van der Waals surface area contributed by atoms with Crippen molar-refractivity contribution in [2.75, 3.05) is 0 Å². The van der Waals surface area contributed by atoms with Crippen LogP contribution in [0.25, 0.3) is 0 Å². The average Bonchev–Trinajstić information content (AvgIpc) is 2.91. The number of hydrogen-bond donors (Lipinski definition) is 3. The number of piperidine rings is 1. The van der Waals surface area contributed by atoms with Crippen molar-refractivity contribution in [3.05, 3.63) is 12.1 Å². The fourth-order valence-electron chi connectivity index (χ4n) is 5.53. The summed E-state index contributed by atoms with van der Waals surface area (Å²) < 4.78 is 1.58. The van der Waals surface area contributed by atoms with E-state index >= 15 is 0 Å². The molecule has 3 N–H and O–H groups in total. The van der Waals surface area contributed by atoms with Gasteiger partial charge in [0.25, 0.3) is 0 Å². The lowest BCUT2D eigenvalue weighted by atomic mass is 9.74. The van der Waals surface area contributed by atoms with Crippen molar-refractivity contribution in [1.29, 1.82) is 0 Å². The molecule has 1 aromatic rings. The second kappa shape index (κ2) is 11.3. The van der Waals surface area contributed by atoms with Gasteiger partial charge in [-0.3, -0.25) is 4.57 Å². The van der Waals surface area contributed by atoms with Crippen LogP contribution in [0.3, 0.4) is 0 Å². The summed E-state index contributed by atoms with van der Waals surface area (Å²) in [5.74, 6) is 1.21. The summed E-state index contributed by atoms with van der Waals surface area (Å²) in [6, 6.07) is 3.09. The predicted octanol–water partition coefficient (Wildman–Crippen LogP) is 6.75. The SMILES string of the molecule is CC1(C)CC(CCCCCCCCCCCCn2c(O)ccc2O)CC(C)(C)N1. The number of nitrogens with zero attached hydrogens (tertiary/aromatic N) is 1. The Labute approximate surface area is 179 Å². The molecular weight excluding hydrogens is 360 g/mol. The quantitative estimate of drug-likeness (QED) is 0.318. The highest BCUT2D eigenvalue weighted by Gasteiger charge is 2.36. The molecule has 1 aliphatic heterocycles. The van der Waals surface area contributed by atoms with Gasteiger partial charge < -0.3 is 15.5 Å². The molecule has 0 aliphatic carbocycles. The maximum absolute atomic E-state index is 9.61. The van der Waals surface area contributed by atoms with E-state index in [1.54, 1.807) is 16.7 Å². The van der Waals surface area contributed by atoms with Crippen LogP contribution in [0.5, 0.6) is 11.8 Å². The number of nitrogens with one attached hydrogen (secondary N) is 1. The Hall–Kier alpha value is -1.16. The molecule has 1 aromatic heterocycles. The van der Waals surface area contributed by atoms with Crippen molar-refractivity contribution in [1.82, 2.24) is 9.88 Å². The third kappa shape index (κ3) is 9.02. The molecule has 1 aliphatic rings. The lowest BCUT2D eigenvalue weighted by molar-refractivity contribution is 0.122. The van der Waals surface area contributed by atoms with E-state index in [4.69, 9.17) is 0 Å². The standard InChI is InChI=1S/C25H46N2O2/c1-24(2)19-21(20-25(3,4)26-24)15-13-11-9-7-5-6-8-10-12-14-18-27-22(28)16-17-23(27)29/h16-17,21,26,28-29H,5-15,18-20H2,1-4H3. The summed E-state index contributed by atoms with van der Waals surface area (Å²) in [6.45, 7) is 10.1. The van der Waals surface area contributed by atoms with Gasteiger partial charge >= 0.3 is 0 Å². The van der Waals surface area contributed by atoms with E-state index in [2.05, 4.69) is 33.0 Å². The van der Waals surface area contributed by atoms with Gasteiger partial charge in [0.05, 0.1) is 0 Å². The van der Waals surface area contributed by atoms with Crippen molar-refractivity contribution in [2.24, 2.45) is 5.92 Å². The molecule has 4 nitrogen and oxygen atoms in total. The van der Waals surface area contributed by atoms with Gasteiger partial charge in [-0.05, 0) is 52.9 Å². The number of hydrogen-bond acceptors (Lipinski definition) is 3. The molecule has 0 aromatic carbocycles. The van der Waals surface area contributed by atoms with Crippen LogP contribution in [-0.2, 0) is 6.54 Å². The van der Waals surface area contributed by atoms with Gasteiger partial charge in [-0.1, -0.05) is 64.2 Å². The van der Waals surface area contributed by atoms with Crippen LogP contribution in [0.15, 0.2) is 12.1 Å². The third-order valence-corrected chi connectivity index (χ3v) is 6.45. The van der Waals surface area contributed by atoms with Crippen molar-refractivity contribution in [3.63, 3.8) is 0 Å². The van der Waals surface area contributed by atoms with Gasteiger partial charge in [0.1, 0.15) is 0 Å². The number of aromatic nitrogens is 1. The molecule has 1 fully saturated rings. The second-order valence-corrected chi connectivity index (χ2v) is 10.7. The van der Waals surface area contributed by atoms with E-state index < -0.39 is 0 Å². The molecule has 1 saturated heterocycles. The molecule has 29 heavy (non-hydrogen) atoms. The summed E-state index contributed by atoms with van der Waals surface area (Å²) in [5, 5.41) is 23.0. The van der Waals surface area contributed by atoms with Crippen LogP contribution in [0.2, 0.25) is 0 Å². The summed E-state index contributed by atoms with van der Waals surface area (Å²) >= 11 is 0. The molecule has 168 valence electrons. The molecule has 0 unspecified atom stereocenters. The number of aromatic hydroxyl groups is 2. The zero-order chi connectivity index (χ0) is 21.3. The van der Waals surface area contributed by atoms with E-state index in [1.165, 1.54) is 77.0 Å². The molecule has 0 radical (unpaired) electrons. The van der Waals surface area contributed by atoms with Crippen molar-refractivity contribution in [2.45, 2.75) is 129 Å². The zero-order valence-electron chi connectivity index (χ0n) is 19.5. The first-order chi connectivity index (χ1) is 13.7. The number of rotatable bonds is 13. The fourth-order valence-corrected chi connectivity index (χ4v) is 5.53. The van der Waals surface area contributed by atoms with Gasteiger partial charge in [-0.15, -0.1) is 0 Å². The highest BCUT2D eigenvalue weighted by Crippen LogP contribution is 2.35. The molecular formula is C25H46N2O2. The molecule has 0 atom stereocenters. The lowest BCUT2D eigenvalue weighted by Crippen LogP contribution is -2.57. The monoisotopic (exact) mass is 406 g/mol. The summed E-state index contributed by atoms with van der Waals surface area (Å²) in [5.41, 5.74) is 0.574. The first-order valence-corrected chi connectivity index (χ1v) is 12.1. The van der Waals surface area contributed by atoms with Gasteiger partial charge in [0.15, 0.2) is 11.8 Å². The maximum Gasteiger partial charge on any atom is 0.193 e. The van der Waals surface area contributed by atoms with E-state index in [9.17, 15) is 10.2 Å². The van der Waals surface area contributed by atoms with E-state index in [-0.39, 0.29) is 22.8 Å². The normalized spacial score (nSPS) is 18.9. The Morgan fingerprint density at radius 1 is 0.759 bits per heavy atom. The number of unbranched alkanes of at least 4 members (excludes halogenated alkanes) is 9. The minimum atomic E-state index is 0.162. The molecule has 0 bridgehead atoms. The highest BCUT2D eigenvalue weighted by molar-refractivity contribution is 5.23.